The van der Waals surface area contributed by atoms with E-state index < -0.39 is 23.6 Å². The number of halogens is 1. The predicted octanol–water partition coefficient (Wildman–Crippen LogP) is 5.65. The molecule has 11 heteroatoms. The number of hydrogen-bond acceptors (Lipinski definition) is 7. The van der Waals surface area contributed by atoms with Crippen LogP contribution in [0, 0.1) is 0 Å². The molecule has 2 amide bonds. The second-order valence-corrected chi connectivity index (χ2v) is 10.5. The number of ketones is 1. The molecule has 1 atom stereocenters. The first kappa shape index (κ1) is 33.2. The number of rotatable bonds is 16. The minimum absolute atomic E-state index is 0.128. The zero-order valence-electron chi connectivity index (χ0n) is 24.9. The van der Waals surface area contributed by atoms with Crippen molar-refractivity contribution in [1.29, 1.82) is 0 Å². The van der Waals surface area contributed by atoms with Gasteiger partial charge in [-0.1, -0.05) is 41.9 Å². The molecule has 0 radical (unpaired) electrons. The number of carboxylic acid groups (broad SMARTS) is 1. The van der Waals surface area contributed by atoms with Crippen molar-refractivity contribution in [1.82, 2.24) is 10.2 Å². The van der Waals surface area contributed by atoms with Crippen LogP contribution in [-0.4, -0.2) is 72.4 Å². The molecule has 2 N–H and O–H groups in total. The Labute approximate surface area is 252 Å². The highest BCUT2D eigenvalue weighted by Gasteiger charge is 2.53. The van der Waals surface area contributed by atoms with E-state index >= 15 is 0 Å². The molecule has 2 aromatic carbocycles. The molecule has 42 heavy (non-hydrogen) atoms. The monoisotopic (exact) mass is 604 g/mol. The number of carboxylic acids is 1. The van der Waals surface area contributed by atoms with Gasteiger partial charge in [-0.3, -0.25) is 4.79 Å². The molecule has 0 aromatic heterocycles. The number of ether oxygens (including phenoxy) is 4. The zero-order chi connectivity index (χ0) is 30.9. The molecule has 10 nitrogen and oxygen atoms in total. The van der Waals surface area contributed by atoms with Crippen molar-refractivity contribution in [3.63, 3.8) is 0 Å². The molecular formula is C31H41ClN2O8. The highest BCUT2D eigenvalue weighted by Crippen LogP contribution is 2.43. The molecule has 0 spiro atoms. The van der Waals surface area contributed by atoms with Gasteiger partial charge in [-0.15, -0.1) is 0 Å². The molecule has 2 aromatic rings. The van der Waals surface area contributed by atoms with E-state index in [9.17, 15) is 19.5 Å². The van der Waals surface area contributed by atoms with Crippen LogP contribution < -0.4 is 14.8 Å². The number of benzene rings is 2. The van der Waals surface area contributed by atoms with Crippen molar-refractivity contribution in [2.24, 2.45) is 0 Å². The lowest BCUT2D eigenvalue weighted by Crippen LogP contribution is -2.66. The van der Waals surface area contributed by atoms with E-state index in [0.717, 1.165) is 5.56 Å². The molecule has 230 valence electrons. The van der Waals surface area contributed by atoms with E-state index in [0.29, 0.717) is 31.1 Å². The highest BCUT2D eigenvalue weighted by molar-refractivity contribution is 6.33. The Morgan fingerprint density at radius 1 is 1.10 bits per heavy atom. The topological polar surface area (TPSA) is 124 Å². The summed E-state index contributed by atoms with van der Waals surface area (Å²) in [6.45, 7) is 10.2. The molecule has 1 unspecified atom stereocenters. The Kier molecular flexibility index (Phi) is 12.0. The van der Waals surface area contributed by atoms with E-state index in [1.165, 1.54) is 11.8 Å². The van der Waals surface area contributed by atoms with Crippen LogP contribution in [0.5, 0.6) is 11.5 Å². The third-order valence-corrected chi connectivity index (χ3v) is 7.62. The number of carbonyl (C=O) groups is 3. The largest absolute Gasteiger partial charge is 0.493 e. The summed E-state index contributed by atoms with van der Waals surface area (Å²) < 4.78 is 23.0. The van der Waals surface area contributed by atoms with Gasteiger partial charge in [0.1, 0.15) is 16.9 Å². The minimum Gasteiger partial charge on any atom is -0.493 e. The van der Waals surface area contributed by atoms with E-state index in [-0.39, 0.29) is 60.8 Å². The number of nitrogens with one attached hydrogen (secondary N) is 1. The first-order valence-corrected chi connectivity index (χ1v) is 14.6. The standard InChI is InChI=1S/C31H41ClN2O8/c1-6-40-23-17-31(18-23,29(36)37)33-30(38)34(14-15-39-19-22-12-10-9-11-13-22)20(4)24-16-25(41-7-2)26(21(5)35)28(27(24)32)42-8-3/h9-13,16,20,23H,6-8,14-15,17-19H2,1-5H3,(H,33,38)(H,36,37). The van der Waals surface area contributed by atoms with Crippen molar-refractivity contribution < 1.29 is 38.4 Å². The molecule has 3 rings (SSSR count). The average Bonchev–Trinajstić information content (AvgIpc) is 2.93. The summed E-state index contributed by atoms with van der Waals surface area (Å²) in [6, 6.07) is 10.0. The Balaban J connectivity index is 1.95. The molecule has 1 saturated carbocycles. The molecule has 0 saturated heterocycles. The molecule has 1 aliphatic carbocycles. The van der Waals surface area contributed by atoms with Gasteiger partial charge in [-0.25, -0.2) is 9.59 Å². The van der Waals surface area contributed by atoms with Crippen LogP contribution in [0.25, 0.3) is 0 Å². The minimum atomic E-state index is -1.45. The number of Topliss-reactive ketones (excluding diaryl/α,β-unsaturated/α-hetero) is 1. The lowest BCUT2D eigenvalue weighted by molar-refractivity contribution is -0.156. The van der Waals surface area contributed by atoms with Gasteiger partial charge in [0.05, 0.1) is 43.6 Å². The molecule has 1 fully saturated rings. The molecule has 0 aliphatic heterocycles. The van der Waals surface area contributed by atoms with Gasteiger partial charge in [-0.2, -0.15) is 0 Å². The van der Waals surface area contributed by atoms with E-state index in [2.05, 4.69) is 5.32 Å². The Morgan fingerprint density at radius 2 is 1.76 bits per heavy atom. The van der Waals surface area contributed by atoms with Crippen LogP contribution in [-0.2, 0) is 20.9 Å². The van der Waals surface area contributed by atoms with Gasteiger partial charge in [-0.05, 0) is 46.2 Å². The molecule has 0 bridgehead atoms. The molecule has 0 heterocycles. The average molecular weight is 605 g/mol. The number of urea groups is 1. The number of amides is 2. The Morgan fingerprint density at radius 3 is 2.33 bits per heavy atom. The van der Waals surface area contributed by atoms with E-state index in [1.807, 2.05) is 37.3 Å². The Bertz CT molecular complexity index is 1230. The van der Waals surface area contributed by atoms with Gasteiger partial charge in [0.25, 0.3) is 0 Å². The highest BCUT2D eigenvalue weighted by atomic mass is 35.5. The third-order valence-electron chi connectivity index (χ3n) is 7.23. The van der Waals surface area contributed by atoms with Crippen molar-refractivity contribution in [3.05, 3.63) is 58.1 Å². The zero-order valence-corrected chi connectivity index (χ0v) is 25.7. The second-order valence-electron chi connectivity index (χ2n) is 10.1. The van der Waals surface area contributed by atoms with Crippen molar-refractivity contribution >= 4 is 29.4 Å². The maximum absolute atomic E-state index is 13.8. The Hall–Kier alpha value is -3.34. The predicted molar refractivity (Wildman–Crippen MR) is 159 cm³/mol. The lowest BCUT2D eigenvalue weighted by atomic mass is 9.74. The van der Waals surface area contributed by atoms with Gasteiger partial charge < -0.3 is 34.3 Å². The quantitative estimate of drug-likeness (QED) is 0.186. The van der Waals surface area contributed by atoms with Crippen LogP contribution >= 0.6 is 11.6 Å². The molecular weight excluding hydrogens is 564 g/mol. The maximum atomic E-state index is 13.8. The van der Waals surface area contributed by atoms with Crippen LogP contribution in [0.4, 0.5) is 4.79 Å². The van der Waals surface area contributed by atoms with Gasteiger partial charge in [0.15, 0.2) is 11.5 Å². The van der Waals surface area contributed by atoms with Gasteiger partial charge >= 0.3 is 12.0 Å². The van der Waals surface area contributed by atoms with Crippen LogP contribution in [0.1, 0.15) is 75.0 Å². The number of nitrogens with zero attached hydrogens (tertiary/aromatic N) is 1. The molecule has 1 aliphatic rings. The third kappa shape index (κ3) is 7.73. The summed E-state index contributed by atoms with van der Waals surface area (Å²) in [6.07, 6.45) is 0.0692. The smallest absolute Gasteiger partial charge is 0.329 e. The number of carbonyl (C=O) groups excluding carboxylic acids is 2. The summed E-state index contributed by atoms with van der Waals surface area (Å²) in [5.74, 6) is -0.924. The summed E-state index contributed by atoms with van der Waals surface area (Å²) >= 11 is 6.84. The first-order chi connectivity index (χ1) is 20.1. The van der Waals surface area contributed by atoms with Gasteiger partial charge in [0.2, 0.25) is 0 Å². The van der Waals surface area contributed by atoms with Crippen LogP contribution in [0.2, 0.25) is 5.02 Å². The lowest BCUT2D eigenvalue weighted by Gasteiger charge is -2.45. The first-order valence-electron chi connectivity index (χ1n) is 14.3. The second kappa shape index (κ2) is 15.2. The normalized spacial score (nSPS) is 18.5. The van der Waals surface area contributed by atoms with Gasteiger partial charge in [0, 0.05) is 31.6 Å². The van der Waals surface area contributed by atoms with Crippen molar-refractivity contribution in [3.8, 4) is 11.5 Å². The number of aliphatic carboxylic acids is 1. The maximum Gasteiger partial charge on any atom is 0.329 e. The van der Waals surface area contributed by atoms with Crippen molar-refractivity contribution in [2.75, 3.05) is 33.0 Å². The fraction of sp³-hybridized carbons (Fsp3) is 0.516. The van der Waals surface area contributed by atoms with E-state index in [4.69, 9.17) is 30.5 Å². The summed E-state index contributed by atoms with van der Waals surface area (Å²) in [4.78, 5) is 40.1. The van der Waals surface area contributed by atoms with Crippen molar-refractivity contribution in [2.45, 2.75) is 71.8 Å². The van der Waals surface area contributed by atoms with Crippen LogP contribution in [0.15, 0.2) is 36.4 Å². The number of hydrogen-bond donors (Lipinski definition) is 2. The fourth-order valence-electron chi connectivity index (χ4n) is 5.06. The fourth-order valence-corrected chi connectivity index (χ4v) is 5.42. The summed E-state index contributed by atoms with van der Waals surface area (Å²) in [7, 11) is 0. The SMILES string of the molecule is CCOc1cc(C(C)N(CCOCc2ccccc2)C(=O)NC2(C(=O)O)CC(OCC)C2)c(Cl)c(OCC)c1C(C)=O. The van der Waals surface area contributed by atoms with E-state index in [1.54, 1.807) is 26.8 Å². The summed E-state index contributed by atoms with van der Waals surface area (Å²) in [5.41, 5.74) is 0.239. The van der Waals surface area contributed by atoms with Crippen LogP contribution in [0.3, 0.4) is 0 Å². The summed E-state index contributed by atoms with van der Waals surface area (Å²) in [5, 5.41) is 12.9.